The molecule has 1 saturated heterocycles. The van der Waals surface area contributed by atoms with Crippen molar-refractivity contribution in [3.63, 3.8) is 0 Å². The second-order valence-corrected chi connectivity index (χ2v) is 10.9. The van der Waals surface area contributed by atoms with Crippen LogP contribution in [0.3, 0.4) is 0 Å². The standard InChI is InChI=1S/C27H44N4O5/c1-7-36-16-19(12-17(2)3)30-25(33)21-14-28-15-22(24(21)32)26(34)31(20-9-10-20)23-11-8-18(13-29-23)27(4,5)35-6/h8,11,13,17,19-22,24,28,32H,7,9-10,12,14-16H2,1-6H3,(H,30,33)/t19-,21-,22+,24-/m1/s1. The fraction of sp³-hybridized carbons (Fsp3) is 0.741. The maximum atomic E-state index is 13.7. The summed E-state index contributed by atoms with van der Waals surface area (Å²) in [7, 11) is 1.65. The van der Waals surface area contributed by atoms with Crippen molar-refractivity contribution in [2.75, 3.05) is 38.3 Å². The van der Waals surface area contributed by atoms with Gasteiger partial charge in [-0.15, -0.1) is 0 Å². The topological polar surface area (TPSA) is 113 Å². The largest absolute Gasteiger partial charge is 0.391 e. The number of carbonyl (C=O) groups is 2. The first-order valence-corrected chi connectivity index (χ1v) is 13.2. The molecule has 4 atom stereocenters. The van der Waals surface area contributed by atoms with Gasteiger partial charge in [0, 0.05) is 44.6 Å². The van der Waals surface area contributed by atoms with Crippen molar-refractivity contribution in [1.29, 1.82) is 0 Å². The number of ether oxygens (including phenoxy) is 2. The lowest BCUT2D eigenvalue weighted by molar-refractivity contribution is -0.137. The molecule has 1 aliphatic heterocycles. The first-order chi connectivity index (χ1) is 17.1. The van der Waals surface area contributed by atoms with Gasteiger partial charge in [-0.25, -0.2) is 4.98 Å². The van der Waals surface area contributed by atoms with Crippen LogP contribution in [-0.4, -0.2) is 73.5 Å². The predicted octanol–water partition coefficient (Wildman–Crippen LogP) is 2.22. The molecular weight excluding hydrogens is 460 g/mol. The van der Waals surface area contributed by atoms with Crippen molar-refractivity contribution in [2.45, 2.75) is 77.7 Å². The molecule has 2 fully saturated rings. The molecule has 36 heavy (non-hydrogen) atoms. The van der Waals surface area contributed by atoms with Gasteiger partial charge in [0.05, 0.1) is 36.2 Å². The number of nitrogens with one attached hydrogen (secondary N) is 2. The van der Waals surface area contributed by atoms with Crippen molar-refractivity contribution in [2.24, 2.45) is 17.8 Å². The van der Waals surface area contributed by atoms with E-state index in [1.54, 1.807) is 18.2 Å². The zero-order valence-electron chi connectivity index (χ0n) is 22.6. The highest BCUT2D eigenvalue weighted by Crippen LogP contribution is 2.34. The van der Waals surface area contributed by atoms with Gasteiger partial charge < -0.3 is 25.2 Å². The molecule has 0 unspecified atom stereocenters. The number of anilines is 1. The Hall–Kier alpha value is -2.07. The van der Waals surface area contributed by atoms with Gasteiger partial charge in [0.25, 0.3) is 0 Å². The SMILES string of the molecule is CCOC[C@@H](CC(C)C)NC(=O)[C@@H]1CNC[C@H](C(=O)N(c2ccc(C(C)(C)OC)cn2)C2CC2)[C@@H]1O. The number of pyridine rings is 1. The van der Waals surface area contributed by atoms with Crippen LogP contribution in [0.1, 0.15) is 59.4 Å². The molecule has 2 heterocycles. The van der Waals surface area contributed by atoms with Crippen LogP contribution in [0, 0.1) is 17.8 Å². The summed E-state index contributed by atoms with van der Waals surface area (Å²) in [5.74, 6) is -0.953. The second-order valence-electron chi connectivity index (χ2n) is 10.9. The van der Waals surface area contributed by atoms with E-state index in [1.165, 1.54) is 0 Å². The molecule has 1 aliphatic carbocycles. The van der Waals surface area contributed by atoms with Crippen molar-refractivity contribution < 1.29 is 24.2 Å². The molecule has 3 N–H and O–H groups in total. The summed E-state index contributed by atoms with van der Waals surface area (Å²) < 4.78 is 11.1. The second kappa shape index (κ2) is 12.4. The third-order valence-corrected chi connectivity index (χ3v) is 7.18. The first kappa shape index (κ1) is 28.5. The fourth-order valence-corrected chi connectivity index (χ4v) is 4.70. The van der Waals surface area contributed by atoms with Crippen LogP contribution in [0.2, 0.25) is 0 Å². The number of carbonyl (C=O) groups excluding carboxylic acids is 2. The van der Waals surface area contributed by atoms with E-state index in [0.29, 0.717) is 38.0 Å². The van der Waals surface area contributed by atoms with E-state index in [-0.39, 0.29) is 23.9 Å². The fourth-order valence-electron chi connectivity index (χ4n) is 4.70. The van der Waals surface area contributed by atoms with E-state index in [9.17, 15) is 14.7 Å². The van der Waals surface area contributed by atoms with Gasteiger partial charge in [0.15, 0.2) is 0 Å². The van der Waals surface area contributed by atoms with Crippen molar-refractivity contribution in [3.8, 4) is 0 Å². The van der Waals surface area contributed by atoms with Gasteiger partial charge in [-0.05, 0) is 52.0 Å². The Morgan fingerprint density at radius 1 is 1.25 bits per heavy atom. The van der Waals surface area contributed by atoms with Gasteiger partial charge in [0.1, 0.15) is 5.82 Å². The van der Waals surface area contributed by atoms with E-state index >= 15 is 0 Å². The van der Waals surface area contributed by atoms with Gasteiger partial charge in [-0.3, -0.25) is 14.5 Å². The van der Waals surface area contributed by atoms with Crippen LogP contribution in [-0.2, 0) is 24.7 Å². The third kappa shape index (κ3) is 7.03. The van der Waals surface area contributed by atoms with Crippen LogP contribution < -0.4 is 15.5 Å². The molecule has 0 bridgehead atoms. The summed E-state index contributed by atoms with van der Waals surface area (Å²) in [5, 5.41) is 17.5. The maximum absolute atomic E-state index is 13.7. The van der Waals surface area contributed by atoms with Crippen LogP contribution in [0.25, 0.3) is 0 Å². The van der Waals surface area contributed by atoms with Gasteiger partial charge >= 0.3 is 0 Å². The normalized spacial score (nSPS) is 23.4. The lowest BCUT2D eigenvalue weighted by Crippen LogP contribution is -2.59. The average Bonchev–Trinajstić information content (AvgIpc) is 3.67. The van der Waals surface area contributed by atoms with E-state index in [1.807, 2.05) is 32.9 Å². The molecule has 9 nitrogen and oxygen atoms in total. The van der Waals surface area contributed by atoms with E-state index in [2.05, 4.69) is 29.5 Å². The number of aliphatic hydroxyl groups excluding tert-OH is 1. The molecule has 0 radical (unpaired) electrons. The minimum atomic E-state index is -1.08. The minimum Gasteiger partial charge on any atom is -0.391 e. The van der Waals surface area contributed by atoms with E-state index in [0.717, 1.165) is 24.8 Å². The zero-order chi connectivity index (χ0) is 26.5. The molecule has 2 amide bonds. The molecule has 1 aromatic rings. The molecule has 2 aliphatic rings. The van der Waals surface area contributed by atoms with Crippen molar-refractivity contribution in [3.05, 3.63) is 23.9 Å². The maximum Gasteiger partial charge on any atom is 0.235 e. The number of aromatic nitrogens is 1. The number of rotatable bonds is 12. The van der Waals surface area contributed by atoms with E-state index in [4.69, 9.17) is 9.47 Å². The zero-order valence-corrected chi connectivity index (χ0v) is 22.6. The van der Waals surface area contributed by atoms with Crippen LogP contribution in [0.4, 0.5) is 5.82 Å². The molecule has 1 aromatic heterocycles. The Balaban J connectivity index is 1.73. The number of hydrogen-bond acceptors (Lipinski definition) is 7. The molecule has 0 aromatic carbocycles. The number of hydrogen-bond donors (Lipinski definition) is 3. The summed E-state index contributed by atoms with van der Waals surface area (Å²) in [5.41, 5.74) is 0.427. The molecule has 3 rings (SSSR count). The van der Waals surface area contributed by atoms with Crippen molar-refractivity contribution in [1.82, 2.24) is 15.6 Å². The Morgan fingerprint density at radius 3 is 2.50 bits per heavy atom. The number of amides is 2. The highest BCUT2D eigenvalue weighted by molar-refractivity contribution is 5.96. The molecule has 9 heteroatoms. The number of aliphatic hydroxyl groups is 1. The van der Waals surface area contributed by atoms with Gasteiger partial charge in [-0.2, -0.15) is 0 Å². The quantitative estimate of drug-likeness (QED) is 0.400. The van der Waals surface area contributed by atoms with Crippen molar-refractivity contribution >= 4 is 17.6 Å². The summed E-state index contributed by atoms with van der Waals surface area (Å²) in [4.78, 5) is 33.2. The molecule has 0 spiro atoms. The highest BCUT2D eigenvalue weighted by atomic mass is 16.5. The average molecular weight is 505 g/mol. The smallest absolute Gasteiger partial charge is 0.235 e. The van der Waals surface area contributed by atoms with Crippen LogP contribution >= 0.6 is 0 Å². The summed E-state index contributed by atoms with van der Waals surface area (Å²) in [6.07, 6.45) is 3.22. The number of methoxy groups -OCH3 is 1. The summed E-state index contributed by atoms with van der Waals surface area (Å²) in [6, 6.07) is 3.69. The molecule has 202 valence electrons. The van der Waals surface area contributed by atoms with Gasteiger partial charge in [-0.1, -0.05) is 19.9 Å². The van der Waals surface area contributed by atoms with Gasteiger partial charge in [0.2, 0.25) is 11.8 Å². The predicted molar refractivity (Wildman–Crippen MR) is 139 cm³/mol. The third-order valence-electron chi connectivity index (χ3n) is 7.18. The molecule has 1 saturated carbocycles. The molecular formula is C27H44N4O5. The monoisotopic (exact) mass is 504 g/mol. The first-order valence-electron chi connectivity index (χ1n) is 13.2. The Morgan fingerprint density at radius 2 is 1.94 bits per heavy atom. The number of nitrogens with zero attached hydrogens (tertiary/aromatic N) is 2. The summed E-state index contributed by atoms with van der Waals surface area (Å²) >= 11 is 0. The van der Waals surface area contributed by atoms with Crippen LogP contribution in [0.15, 0.2) is 18.3 Å². The summed E-state index contributed by atoms with van der Waals surface area (Å²) in [6.45, 7) is 11.7. The highest BCUT2D eigenvalue weighted by Gasteiger charge is 2.45. The Labute approximate surface area is 215 Å². The Bertz CT molecular complexity index is 871. The lowest BCUT2D eigenvalue weighted by atomic mass is 9.85. The number of piperidine rings is 1. The van der Waals surface area contributed by atoms with Crippen LogP contribution in [0.5, 0.6) is 0 Å². The van der Waals surface area contributed by atoms with E-state index < -0.39 is 23.5 Å². The minimum absolute atomic E-state index is 0.0642. The lowest BCUT2D eigenvalue weighted by Gasteiger charge is -2.37. The Kier molecular flexibility index (Phi) is 9.86.